The van der Waals surface area contributed by atoms with Crippen LogP contribution in [0.4, 0.5) is 5.95 Å². The van der Waals surface area contributed by atoms with Gasteiger partial charge in [0.15, 0.2) is 17.4 Å². The highest BCUT2D eigenvalue weighted by molar-refractivity contribution is 6.99. The number of nitrogens with zero attached hydrogens (tertiary/aromatic N) is 3. The first kappa shape index (κ1) is 32.7. The second-order valence-corrected chi connectivity index (χ2v) is 16.8. The molecule has 45 heavy (non-hydrogen) atoms. The van der Waals surface area contributed by atoms with Gasteiger partial charge in [-0.15, -0.1) is 0 Å². The third-order valence-electron chi connectivity index (χ3n) is 8.07. The van der Waals surface area contributed by atoms with Gasteiger partial charge in [-0.05, 0) is 15.4 Å². The zero-order valence-electron chi connectivity index (χ0n) is 26.1. The lowest BCUT2D eigenvalue weighted by molar-refractivity contribution is -0.118. The Labute approximate surface area is 262 Å². The van der Waals surface area contributed by atoms with Crippen molar-refractivity contribution in [3.8, 4) is 0 Å². The van der Waals surface area contributed by atoms with Gasteiger partial charge in [-0.2, -0.15) is 4.98 Å². The van der Waals surface area contributed by atoms with E-state index < -0.39 is 38.4 Å². The van der Waals surface area contributed by atoms with Crippen molar-refractivity contribution < 1.29 is 28.9 Å². The number of aliphatic hydroxyl groups excluding tert-OH is 2. The van der Waals surface area contributed by atoms with Crippen LogP contribution in [-0.2, 0) is 18.7 Å². The number of hydrogen-bond donors (Lipinski definition) is 4. The summed E-state index contributed by atoms with van der Waals surface area (Å²) < 4.78 is 20.9. The molecule has 0 spiro atoms. The molecule has 240 valence electrons. The number of anilines is 1. The second kappa shape index (κ2) is 13.3. The number of nitrogens with one attached hydrogen (secondary N) is 2. The van der Waals surface area contributed by atoms with E-state index in [2.05, 4.69) is 65.3 Å². The highest BCUT2D eigenvalue weighted by atomic mass is 28.4. The molecule has 1 saturated heterocycles. The summed E-state index contributed by atoms with van der Waals surface area (Å²) in [5.74, 6) is -0.691. The van der Waals surface area contributed by atoms with Crippen molar-refractivity contribution in [1.29, 1.82) is 0 Å². The molecule has 1 aliphatic heterocycles. The molecule has 12 nitrogen and oxygen atoms in total. The Bertz CT molecular complexity index is 1620. The average molecular weight is 636 g/mol. The third kappa shape index (κ3) is 6.37. The van der Waals surface area contributed by atoms with Crippen LogP contribution in [0.1, 0.15) is 40.8 Å². The molecule has 0 saturated carbocycles. The van der Waals surface area contributed by atoms with Crippen LogP contribution in [0.5, 0.6) is 0 Å². The maximum Gasteiger partial charge on any atom is 0.280 e. The van der Waals surface area contributed by atoms with E-state index in [0.717, 1.165) is 10.4 Å². The molecule has 4 aromatic rings. The van der Waals surface area contributed by atoms with Gasteiger partial charge in [-0.25, -0.2) is 4.98 Å². The number of ether oxygens (including phenoxy) is 2. The molecule has 0 bridgehead atoms. The number of fused-ring (bicyclic) bond motifs is 1. The molecule has 0 aliphatic carbocycles. The minimum Gasteiger partial charge on any atom is -0.405 e. The zero-order valence-corrected chi connectivity index (χ0v) is 27.1. The molecule has 5 rings (SSSR count). The number of H-pyrrole nitrogens is 1. The summed E-state index contributed by atoms with van der Waals surface area (Å²) in [5, 5.41) is 25.6. The number of hydrogen-bond acceptors (Lipinski definition) is 9. The van der Waals surface area contributed by atoms with Crippen LogP contribution in [-0.4, -0.2) is 82.1 Å². The first-order valence-electron chi connectivity index (χ1n) is 15.1. The molecule has 3 heterocycles. The second-order valence-electron chi connectivity index (χ2n) is 12.5. The third-order valence-corrected chi connectivity index (χ3v) is 13.1. The largest absolute Gasteiger partial charge is 0.405 e. The van der Waals surface area contributed by atoms with Crippen molar-refractivity contribution in [3.63, 3.8) is 0 Å². The van der Waals surface area contributed by atoms with Crippen LogP contribution in [0.3, 0.4) is 0 Å². The first-order valence-corrected chi connectivity index (χ1v) is 17.0. The molecule has 0 unspecified atom stereocenters. The number of rotatable bonds is 11. The summed E-state index contributed by atoms with van der Waals surface area (Å²) in [4.78, 5) is 36.4. The molecular weight excluding hydrogens is 594 g/mol. The number of aromatic nitrogens is 4. The number of imidazole rings is 1. The van der Waals surface area contributed by atoms with E-state index in [0.29, 0.717) is 0 Å². The molecule has 4 atom stereocenters. The first-order chi connectivity index (χ1) is 21.5. The van der Waals surface area contributed by atoms with Gasteiger partial charge in [0.05, 0.1) is 26.1 Å². The SMILES string of the molecule is CC(C)C(=O)Nc1nc2c(ncn2[C@@H]2O[C@H](CO[Si](c3ccccc3)(c3ccccc3)C(C)(C)C)[C@@H](O)[C@H]2OCCO)c(=O)[nH]1. The lowest BCUT2D eigenvalue weighted by Gasteiger charge is -2.43. The lowest BCUT2D eigenvalue weighted by Crippen LogP contribution is -2.67. The number of amides is 1. The number of aliphatic hydroxyl groups is 2. The molecule has 13 heteroatoms. The Morgan fingerprint density at radius 1 is 1.11 bits per heavy atom. The standard InChI is InChI=1S/C32H41N5O7Si/c1-20(2)28(40)35-31-34-27-24(29(41)36-31)33-19-37(27)30-26(42-17-16-38)25(39)23(44-30)18-43-45(32(3,4)5,21-12-8-6-9-13-21)22-14-10-7-11-15-22/h6-15,19-20,23,25-26,30,38-39H,16-18H2,1-5H3,(H2,34,35,36,40,41)/t23-,25-,26-,30-/m1/s1. The van der Waals surface area contributed by atoms with Gasteiger partial charge >= 0.3 is 0 Å². The van der Waals surface area contributed by atoms with Gasteiger partial charge in [-0.3, -0.25) is 24.5 Å². The number of benzene rings is 2. The zero-order chi connectivity index (χ0) is 32.4. The van der Waals surface area contributed by atoms with Gasteiger partial charge in [-0.1, -0.05) is 95.3 Å². The van der Waals surface area contributed by atoms with E-state index in [1.54, 1.807) is 13.8 Å². The molecule has 1 aliphatic rings. The highest BCUT2D eigenvalue weighted by Gasteiger charge is 2.53. The minimum atomic E-state index is -2.95. The number of carbonyl (C=O) groups is 1. The number of aromatic amines is 1. The van der Waals surface area contributed by atoms with Crippen LogP contribution in [0.2, 0.25) is 5.04 Å². The number of carbonyl (C=O) groups excluding carboxylic acids is 1. The van der Waals surface area contributed by atoms with Crippen molar-refractivity contribution in [2.24, 2.45) is 5.92 Å². The summed E-state index contributed by atoms with van der Waals surface area (Å²) >= 11 is 0. The van der Waals surface area contributed by atoms with Gasteiger partial charge in [0.2, 0.25) is 11.9 Å². The van der Waals surface area contributed by atoms with Crippen molar-refractivity contribution in [3.05, 3.63) is 77.3 Å². The highest BCUT2D eigenvalue weighted by Crippen LogP contribution is 2.39. The molecule has 2 aromatic heterocycles. The molecule has 4 N–H and O–H groups in total. The summed E-state index contributed by atoms with van der Waals surface area (Å²) in [6.45, 7) is 9.66. The summed E-state index contributed by atoms with van der Waals surface area (Å²) in [6, 6.07) is 20.3. The Balaban J connectivity index is 1.51. The maximum atomic E-state index is 12.8. The van der Waals surface area contributed by atoms with Gasteiger partial charge in [0.25, 0.3) is 13.9 Å². The Kier molecular flexibility index (Phi) is 9.67. The van der Waals surface area contributed by atoms with Crippen LogP contribution in [0, 0.1) is 5.92 Å². The fourth-order valence-electron chi connectivity index (χ4n) is 5.85. The van der Waals surface area contributed by atoms with E-state index in [1.165, 1.54) is 10.9 Å². The Morgan fingerprint density at radius 3 is 2.29 bits per heavy atom. The molecule has 1 fully saturated rings. The smallest absolute Gasteiger partial charge is 0.280 e. The summed E-state index contributed by atoms with van der Waals surface area (Å²) in [5.41, 5.74) is -0.375. The van der Waals surface area contributed by atoms with Gasteiger partial charge in [0, 0.05) is 5.92 Å². The Hall–Kier alpha value is -3.72. The quantitative estimate of drug-likeness (QED) is 0.181. The van der Waals surface area contributed by atoms with Crippen LogP contribution in [0.25, 0.3) is 11.2 Å². The fourth-order valence-corrected chi connectivity index (χ4v) is 10.4. The van der Waals surface area contributed by atoms with E-state index in [1.807, 2.05) is 36.4 Å². The van der Waals surface area contributed by atoms with Gasteiger partial charge < -0.3 is 24.1 Å². The Morgan fingerprint density at radius 2 is 1.73 bits per heavy atom. The van der Waals surface area contributed by atoms with E-state index in [9.17, 15) is 19.8 Å². The molecule has 2 aromatic carbocycles. The van der Waals surface area contributed by atoms with Crippen molar-refractivity contribution in [2.45, 2.75) is 64.2 Å². The van der Waals surface area contributed by atoms with Crippen LogP contribution < -0.4 is 21.2 Å². The lowest BCUT2D eigenvalue weighted by atomic mass is 10.1. The average Bonchev–Trinajstić information content (AvgIpc) is 3.57. The normalized spacial score (nSPS) is 20.6. The fraction of sp³-hybridized carbons (Fsp3) is 0.438. The predicted octanol–water partition coefficient (Wildman–Crippen LogP) is 1.93. The van der Waals surface area contributed by atoms with E-state index >= 15 is 0 Å². The van der Waals surface area contributed by atoms with Crippen molar-refractivity contribution >= 4 is 41.7 Å². The predicted molar refractivity (Wildman–Crippen MR) is 172 cm³/mol. The molecule has 1 amide bonds. The van der Waals surface area contributed by atoms with Gasteiger partial charge in [0.1, 0.15) is 18.3 Å². The summed E-state index contributed by atoms with van der Waals surface area (Å²) in [7, 11) is -2.95. The van der Waals surface area contributed by atoms with Crippen molar-refractivity contribution in [1.82, 2.24) is 19.5 Å². The van der Waals surface area contributed by atoms with Crippen LogP contribution >= 0.6 is 0 Å². The van der Waals surface area contributed by atoms with E-state index in [-0.39, 0.29) is 53.8 Å². The minimum absolute atomic E-state index is 0.0311. The van der Waals surface area contributed by atoms with Crippen LogP contribution in [0.15, 0.2) is 71.8 Å². The summed E-state index contributed by atoms with van der Waals surface area (Å²) in [6.07, 6.45) is -2.51. The topological polar surface area (TPSA) is 161 Å². The monoisotopic (exact) mass is 635 g/mol. The maximum absolute atomic E-state index is 12.8. The molecular formula is C32H41N5O7Si. The van der Waals surface area contributed by atoms with Crippen molar-refractivity contribution in [2.75, 3.05) is 25.1 Å². The molecule has 0 radical (unpaired) electrons. The van der Waals surface area contributed by atoms with E-state index in [4.69, 9.17) is 13.9 Å².